The monoisotopic (exact) mass is 1200 g/mol. The molecule has 0 saturated carbocycles. The standard InChI is InChI=1S/C29H32ClFN6O4.C29H34ClFN6O2.2CH4.H4N2/c1-28(2,3)41-27(38)36(20-7-8-23(31)22(30)16-20)26-21-17-25(37(39)40)19(15-24(21)32-18-33-26)9-10-29(4,5)35-13-11-34(6)12-14-35;1-28(2,3)39-27(38)37(20-7-8-23(31)22(30)16-20)26-21-17-24(32)19(15-25(21)33-18-34-26)9-10-29(4,5)36-13-11-35(6)12-14-36;;;1-2/h7-8,15-18H,11-14H2,1-6H3;7-8,15-18H,11-14,32H2,1-6H3;2*1H4;1-2H2. The summed E-state index contributed by atoms with van der Waals surface area (Å²) >= 11 is 12.1. The highest BCUT2D eigenvalue weighted by Gasteiger charge is 2.33. The van der Waals surface area contributed by atoms with Crippen molar-refractivity contribution in [3.8, 4) is 23.7 Å². The SMILES string of the molecule is C.C.CN1CCN(C(C)(C)C#Cc2cc3ncnc(N(C(=O)OC(C)(C)C)c4ccc(F)c(Cl)c4)c3cc2N)CC1.CN1CCN(C(C)(C)C#Cc2cc3ncnc(N(C(=O)OC(C)(C)C)c4ccc(F)c(Cl)c4)c3cc2[N+](=O)[O-])CC1.NN. The zero-order chi connectivity index (χ0) is 60.6. The Hall–Kier alpha value is -7.38. The Morgan fingerprint density at radius 2 is 0.976 bits per heavy atom. The molecule has 0 aliphatic carbocycles. The molecule has 2 aliphatic heterocycles. The first kappa shape index (κ1) is 69.1. The minimum Gasteiger partial charge on any atom is -0.443 e. The number of nitrogen functional groups attached to an aromatic ring is 1. The molecule has 0 unspecified atom stereocenters. The van der Waals surface area contributed by atoms with Crippen LogP contribution in [0, 0.1) is 45.4 Å². The quantitative estimate of drug-likeness (QED) is 0.0442. The van der Waals surface area contributed by atoms with Crippen molar-refractivity contribution in [1.82, 2.24) is 39.5 Å². The van der Waals surface area contributed by atoms with Crippen molar-refractivity contribution in [2.24, 2.45) is 11.7 Å². The second kappa shape index (κ2) is 28.5. The van der Waals surface area contributed by atoms with E-state index in [1.807, 2.05) is 13.8 Å². The van der Waals surface area contributed by atoms with Crippen LogP contribution in [0.25, 0.3) is 21.8 Å². The van der Waals surface area contributed by atoms with Crippen LogP contribution in [0.1, 0.15) is 95.2 Å². The van der Waals surface area contributed by atoms with E-state index in [9.17, 15) is 28.5 Å². The molecule has 8 rings (SSSR count). The van der Waals surface area contributed by atoms with Gasteiger partial charge in [-0.25, -0.2) is 48.1 Å². The Morgan fingerprint density at radius 1 is 0.607 bits per heavy atom. The van der Waals surface area contributed by atoms with E-state index in [0.717, 1.165) is 63.3 Å². The van der Waals surface area contributed by atoms with Crippen molar-refractivity contribution in [2.45, 2.75) is 106 Å². The van der Waals surface area contributed by atoms with Crippen molar-refractivity contribution >= 4 is 91.6 Å². The van der Waals surface area contributed by atoms with E-state index in [-0.39, 0.29) is 70.1 Å². The van der Waals surface area contributed by atoms with Gasteiger partial charge in [-0.15, -0.1) is 0 Å². The van der Waals surface area contributed by atoms with Crippen molar-refractivity contribution in [1.29, 1.82) is 0 Å². The van der Waals surface area contributed by atoms with Crippen LogP contribution in [0.5, 0.6) is 0 Å². The molecule has 0 atom stereocenters. The molecule has 84 heavy (non-hydrogen) atoms. The lowest BCUT2D eigenvalue weighted by Gasteiger charge is -2.40. The molecular weight excluding hydrogens is 1120 g/mol. The molecule has 2 aromatic heterocycles. The fraction of sp³-hybridized carbons (Fsp3) is 0.433. The number of carbonyl (C=O) groups excluding carboxylic acids is 2. The molecule has 4 heterocycles. The van der Waals surface area contributed by atoms with Crippen molar-refractivity contribution in [2.75, 3.05) is 82.0 Å². The number of hydrogen-bond acceptors (Lipinski definition) is 17. The lowest BCUT2D eigenvalue weighted by molar-refractivity contribution is -0.385. The second-order valence-corrected chi connectivity index (χ2v) is 23.3. The number of halogens is 4. The summed E-state index contributed by atoms with van der Waals surface area (Å²) < 4.78 is 39.2. The smallest absolute Gasteiger partial charge is 0.420 e. The van der Waals surface area contributed by atoms with Crippen molar-refractivity contribution in [3.05, 3.63) is 116 Å². The number of benzene rings is 4. The number of nitro groups is 1. The van der Waals surface area contributed by atoms with Crippen molar-refractivity contribution < 1.29 is 32.8 Å². The maximum Gasteiger partial charge on any atom is 0.420 e. The molecule has 452 valence electrons. The zero-order valence-electron chi connectivity index (χ0n) is 48.2. The number of hydrogen-bond donors (Lipinski definition) is 3. The number of amides is 2. The zero-order valence-corrected chi connectivity index (χ0v) is 49.7. The topological polar surface area (TPSA) is 245 Å². The van der Waals surface area contributed by atoms with Gasteiger partial charge in [0.1, 0.15) is 41.1 Å². The Kier molecular flexibility index (Phi) is 23.4. The lowest BCUT2D eigenvalue weighted by atomic mass is 10.0. The molecule has 0 bridgehead atoms. The van der Waals surface area contributed by atoms with E-state index in [2.05, 4.69) is 103 Å². The van der Waals surface area contributed by atoms with Crippen LogP contribution >= 0.6 is 23.2 Å². The maximum atomic E-state index is 14.0. The van der Waals surface area contributed by atoms with E-state index in [0.29, 0.717) is 27.7 Å². The van der Waals surface area contributed by atoms with Gasteiger partial charge in [0.25, 0.3) is 5.69 Å². The third-order valence-electron chi connectivity index (χ3n) is 13.2. The third kappa shape index (κ3) is 17.4. The third-order valence-corrected chi connectivity index (χ3v) is 13.8. The predicted molar refractivity (Wildman–Crippen MR) is 332 cm³/mol. The molecule has 2 aliphatic rings. The van der Waals surface area contributed by atoms with Gasteiger partial charge in [-0.05, 0) is 138 Å². The van der Waals surface area contributed by atoms with Gasteiger partial charge < -0.3 is 25.0 Å². The van der Waals surface area contributed by atoms with Gasteiger partial charge in [0.15, 0.2) is 11.6 Å². The van der Waals surface area contributed by atoms with Crippen LogP contribution in [0.2, 0.25) is 10.0 Å². The molecule has 2 fully saturated rings. The first-order chi connectivity index (χ1) is 38.4. The van der Waals surface area contributed by atoms with Crippen LogP contribution in [-0.2, 0) is 9.47 Å². The molecule has 0 radical (unpaired) electrons. The van der Waals surface area contributed by atoms with E-state index < -0.39 is 45.5 Å². The molecule has 6 N–H and O–H groups in total. The van der Waals surface area contributed by atoms with Gasteiger partial charge in [0.05, 0.1) is 53.8 Å². The molecule has 2 amide bonds. The van der Waals surface area contributed by atoms with Gasteiger partial charge in [0.2, 0.25) is 0 Å². The Morgan fingerprint density at radius 3 is 1.35 bits per heavy atom. The van der Waals surface area contributed by atoms with Crippen LogP contribution < -0.4 is 27.2 Å². The number of fused-ring (bicyclic) bond motifs is 2. The average Bonchev–Trinajstić information content (AvgIpc) is 1.18. The van der Waals surface area contributed by atoms with Gasteiger partial charge in [-0.3, -0.25) is 31.6 Å². The minimum atomic E-state index is -0.882. The summed E-state index contributed by atoms with van der Waals surface area (Å²) in [6.07, 6.45) is 1.04. The fourth-order valence-electron chi connectivity index (χ4n) is 8.72. The van der Waals surface area contributed by atoms with E-state index in [4.69, 9.17) is 38.4 Å². The number of nitrogens with two attached hydrogens (primary N) is 3. The number of aromatic nitrogens is 4. The Labute approximate surface area is 501 Å². The normalized spacial score (nSPS) is 14.3. The Bertz CT molecular complexity index is 3470. The van der Waals surface area contributed by atoms with Crippen LogP contribution in [0.15, 0.2) is 73.3 Å². The molecule has 0 spiro atoms. The fourth-order valence-corrected chi connectivity index (χ4v) is 9.07. The summed E-state index contributed by atoms with van der Waals surface area (Å²) in [5.41, 5.74) is 6.20. The number of carbonyl (C=O) groups is 2. The largest absolute Gasteiger partial charge is 0.443 e. The van der Waals surface area contributed by atoms with Gasteiger partial charge in [-0.1, -0.05) is 61.7 Å². The lowest BCUT2D eigenvalue weighted by Crippen LogP contribution is -2.53. The minimum absolute atomic E-state index is 0. The number of nitro benzene ring substituents is 1. The number of nitrogens with zero attached hydrogens (tertiary/aromatic N) is 11. The molecule has 6 aromatic rings. The highest BCUT2D eigenvalue weighted by atomic mass is 35.5. The number of likely N-dealkylation sites (N-methyl/N-ethyl adjacent to an activating group) is 2. The number of hydrazine groups is 1. The first-order valence-electron chi connectivity index (χ1n) is 26.1. The van der Waals surface area contributed by atoms with E-state index in [1.54, 1.807) is 53.7 Å². The van der Waals surface area contributed by atoms with Gasteiger partial charge >= 0.3 is 12.2 Å². The average molecular weight is 1200 g/mol. The number of rotatable bonds is 7. The first-order valence-corrected chi connectivity index (χ1v) is 26.9. The molecule has 2 saturated heterocycles. The van der Waals surface area contributed by atoms with Crippen LogP contribution in [-0.4, -0.2) is 145 Å². The van der Waals surface area contributed by atoms with Gasteiger partial charge in [0, 0.05) is 75.1 Å². The summed E-state index contributed by atoms with van der Waals surface area (Å²) in [6.45, 7) is 25.9. The summed E-state index contributed by atoms with van der Waals surface area (Å²) in [6, 6.07) is 13.9. The number of anilines is 5. The summed E-state index contributed by atoms with van der Waals surface area (Å²) in [5, 5.41) is 12.5. The molecule has 4 aromatic carbocycles. The van der Waals surface area contributed by atoms with Gasteiger partial charge in [-0.2, -0.15) is 0 Å². The summed E-state index contributed by atoms with van der Waals surface area (Å²) in [7, 11) is 4.19. The summed E-state index contributed by atoms with van der Waals surface area (Å²) in [5.74, 6) is 19.8. The highest BCUT2D eigenvalue weighted by Crippen LogP contribution is 2.38. The van der Waals surface area contributed by atoms with Crippen molar-refractivity contribution in [3.63, 3.8) is 0 Å². The molecule has 20 nitrogen and oxygen atoms in total. The Balaban J connectivity index is 0.000000343. The van der Waals surface area contributed by atoms with E-state index >= 15 is 0 Å². The molecule has 24 heteroatoms. The summed E-state index contributed by atoms with van der Waals surface area (Å²) in [4.78, 5) is 67.3. The molecular formula is C60H78Cl2F2N14O6. The predicted octanol–water partition coefficient (Wildman–Crippen LogP) is 11.3. The van der Waals surface area contributed by atoms with E-state index in [1.165, 1.54) is 60.0 Å². The maximum absolute atomic E-state index is 14.0. The number of ether oxygens (including phenoxy) is 2. The highest BCUT2D eigenvalue weighted by molar-refractivity contribution is 6.31. The van der Waals surface area contributed by atoms with Crippen LogP contribution in [0.3, 0.4) is 0 Å². The second-order valence-electron chi connectivity index (χ2n) is 22.5. The van der Waals surface area contributed by atoms with Crippen LogP contribution in [0.4, 0.5) is 52.8 Å². The number of piperazine rings is 2.